The van der Waals surface area contributed by atoms with Gasteiger partial charge in [-0.3, -0.25) is 9.36 Å². The Hall–Kier alpha value is -2.68. The Labute approximate surface area is 120 Å². The highest BCUT2D eigenvalue weighted by Crippen LogP contribution is 2.10. The molecule has 1 aromatic heterocycles. The molecule has 0 bridgehead atoms. The van der Waals surface area contributed by atoms with Gasteiger partial charge < -0.3 is 4.57 Å². The molecule has 0 atom stereocenters. The maximum Gasteiger partial charge on any atom is 0.331 e. The lowest BCUT2D eigenvalue weighted by Crippen LogP contribution is -2.39. The molecule has 0 N–H and O–H groups in total. The number of halogens is 1. The molecular weight excluding hydrogens is 273 g/mol. The van der Waals surface area contributed by atoms with Crippen LogP contribution in [0.4, 0.5) is 4.39 Å². The SMILES string of the molecule is CCCn1ccc(=O)n(Cc2ccc(C#N)cc2F)c1=O. The van der Waals surface area contributed by atoms with Gasteiger partial charge >= 0.3 is 5.69 Å². The zero-order chi connectivity index (χ0) is 15.4. The lowest BCUT2D eigenvalue weighted by Gasteiger charge is -2.09. The van der Waals surface area contributed by atoms with Gasteiger partial charge in [-0.15, -0.1) is 0 Å². The fourth-order valence-corrected chi connectivity index (χ4v) is 2.03. The molecule has 1 aromatic carbocycles. The number of nitriles is 1. The zero-order valence-corrected chi connectivity index (χ0v) is 11.5. The van der Waals surface area contributed by atoms with Crippen LogP contribution in [0.25, 0.3) is 0 Å². The van der Waals surface area contributed by atoms with Crippen LogP contribution < -0.4 is 11.2 Å². The predicted molar refractivity (Wildman–Crippen MR) is 75.5 cm³/mol. The average molecular weight is 287 g/mol. The summed E-state index contributed by atoms with van der Waals surface area (Å²) in [6, 6.07) is 7.08. The molecule has 108 valence electrons. The third-order valence-electron chi connectivity index (χ3n) is 3.11. The van der Waals surface area contributed by atoms with E-state index < -0.39 is 17.1 Å². The van der Waals surface area contributed by atoms with E-state index in [2.05, 4.69) is 0 Å². The zero-order valence-electron chi connectivity index (χ0n) is 11.5. The molecular formula is C15H14FN3O2. The second-order valence-electron chi connectivity index (χ2n) is 4.63. The summed E-state index contributed by atoms with van der Waals surface area (Å²) >= 11 is 0. The Morgan fingerprint density at radius 3 is 2.67 bits per heavy atom. The van der Waals surface area contributed by atoms with Crippen molar-refractivity contribution in [3.63, 3.8) is 0 Å². The van der Waals surface area contributed by atoms with E-state index in [0.717, 1.165) is 17.1 Å². The Kier molecular flexibility index (Phi) is 4.33. The largest absolute Gasteiger partial charge is 0.331 e. The Morgan fingerprint density at radius 2 is 2.05 bits per heavy atom. The van der Waals surface area contributed by atoms with Crippen LogP contribution >= 0.6 is 0 Å². The Morgan fingerprint density at radius 1 is 1.29 bits per heavy atom. The first-order chi connectivity index (χ1) is 10.1. The van der Waals surface area contributed by atoms with Crippen LogP contribution in [-0.2, 0) is 13.1 Å². The van der Waals surface area contributed by atoms with E-state index in [0.29, 0.717) is 6.54 Å². The minimum absolute atomic E-state index is 0.153. The van der Waals surface area contributed by atoms with Crippen LogP contribution in [0.1, 0.15) is 24.5 Å². The minimum atomic E-state index is -0.605. The van der Waals surface area contributed by atoms with E-state index in [4.69, 9.17) is 5.26 Å². The summed E-state index contributed by atoms with van der Waals surface area (Å²) in [5.74, 6) is -0.605. The number of rotatable bonds is 4. The molecule has 0 spiro atoms. The normalized spacial score (nSPS) is 10.3. The van der Waals surface area contributed by atoms with Crippen molar-refractivity contribution in [1.29, 1.82) is 5.26 Å². The van der Waals surface area contributed by atoms with Crippen LogP contribution in [0.15, 0.2) is 40.1 Å². The van der Waals surface area contributed by atoms with E-state index in [1.54, 1.807) is 0 Å². The van der Waals surface area contributed by atoms with Crippen LogP contribution in [0.2, 0.25) is 0 Å². The molecule has 0 unspecified atom stereocenters. The highest BCUT2D eigenvalue weighted by molar-refractivity contribution is 5.32. The molecule has 0 aliphatic carbocycles. The lowest BCUT2D eigenvalue weighted by atomic mass is 10.1. The molecule has 1 heterocycles. The predicted octanol–water partition coefficient (Wildman–Crippen LogP) is 1.48. The van der Waals surface area contributed by atoms with Gasteiger partial charge in [-0.2, -0.15) is 5.26 Å². The molecule has 0 saturated heterocycles. The molecule has 0 fully saturated rings. The maximum absolute atomic E-state index is 13.9. The number of hydrogen-bond acceptors (Lipinski definition) is 3. The third-order valence-corrected chi connectivity index (χ3v) is 3.11. The van der Waals surface area contributed by atoms with Gasteiger partial charge in [-0.1, -0.05) is 13.0 Å². The topological polar surface area (TPSA) is 67.8 Å². The molecule has 0 saturated carbocycles. The molecule has 0 radical (unpaired) electrons. The molecule has 2 aromatic rings. The van der Waals surface area contributed by atoms with Crippen molar-refractivity contribution in [2.45, 2.75) is 26.4 Å². The number of aromatic nitrogens is 2. The molecule has 0 aliphatic rings. The van der Waals surface area contributed by atoms with Crippen molar-refractivity contribution in [3.8, 4) is 6.07 Å². The van der Waals surface area contributed by atoms with Crippen LogP contribution in [-0.4, -0.2) is 9.13 Å². The minimum Gasteiger partial charge on any atom is -0.300 e. The van der Waals surface area contributed by atoms with Gasteiger partial charge in [0.25, 0.3) is 5.56 Å². The van der Waals surface area contributed by atoms with Crippen molar-refractivity contribution in [1.82, 2.24) is 9.13 Å². The summed E-state index contributed by atoms with van der Waals surface area (Å²) in [6.45, 7) is 2.26. The smallest absolute Gasteiger partial charge is 0.300 e. The summed E-state index contributed by atoms with van der Waals surface area (Å²) in [5.41, 5.74) is -0.549. The number of hydrogen-bond donors (Lipinski definition) is 0. The van der Waals surface area contributed by atoms with Crippen molar-refractivity contribution in [3.05, 3.63) is 68.2 Å². The highest BCUT2D eigenvalue weighted by Gasteiger charge is 2.09. The number of aryl methyl sites for hydroxylation is 1. The van der Waals surface area contributed by atoms with E-state index in [9.17, 15) is 14.0 Å². The van der Waals surface area contributed by atoms with Crippen molar-refractivity contribution in [2.75, 3.05) is 0 Å². The number of nitrogens with zero attached hydrogens (tertiary/aromatic N) is 3. The average Bonchev–Trinajstić information content (AvgIpc) is 2.48. The standard InChI is InChI=1S/C15H14FN3O2/c1-2-6-18-7-5-14(20)19(15(18)21)10-12-4-3-11(9-17)8-13(12)16/h3-5,7-8H,2,6,10H2,1H3. The highest BCUT2D eigenvalue weighted by atomic mass is 19.1. The van der Waals surface area contributed by atoms with Gasteiger partial charge in [0.05, 0.1) is 18.2 Å². The fourth-order valence-electron chi connectivity index (χ4n) is 2.03. The monoisotopic (exact) mass is 287 g/mol. The summed E-state index contributed by atoms with van der Waals surface area (Å²) < 4.78 is 16.3. The first-order valence-electron chi connectivity index (χ1n) is 6.55. The fraction of sp³-hybridized carbons (Fsp3) is 0.267. The van der Waals surface area contributed by atoms with Gasteiger partial charge in [-0.05, 0) is 18.6 Å². The van der Waals surface area contributed by atoms with Crippen LogP contribution in [0.5, 0.6) is 0 Å². The van der Waals surface area contributed by atoms with Gasteiger partial charge in [0.15, 0.2) is 0 Å². The quantitative estimate of drug-likeness (QED) is 0.855. The maximum atomic E-state index is 13.9. The third kappa shape index (κ3) is 3.08. The van der Waals surface area contributed by atoms with E-state index >= 15 is 0 Å². The van der Waals surface area contributed by atoms with Crippen molar-refractivity contribution >= 4 is 0 Å². The summed E-state index contributed by atoms with van der Waals surface area (Å²) in [5, 5.41) is 8.70. The van der Waals surface area contributed by atoms with Gasteiger partial charge in [0.2, 0.25) is 0 Å². The van der Waals surface area contributed by atoms with E-state index in [1.165, 1.54) is 29.0 Å². The lowest BCUT2D eigenvalue weighted by molar-refractivity contribution is 0.551. The van der Waals surface area contributed by atoms with Gasteiger partial charge in [0.1, 0.15) is 5.82 Å². The molecule has 6 heteroatoms. The van der Waals surface area contributed by atoms with Crippen LogP contribution in [0, 0.1) is 17.1 Å². The Bertz CT molecular complexity index is 815. The van der Waals surface area contributed by atoms with E-state index in [-0.39, 0.29) is 17.7 Å². The first-order valence-corrected chi connectivity index (χ1v) is 6.55. The molecule has 0 aliphatic heterocycles. The molecule has 0 amide bonds. The van der Waals surface area contributed by atoms with E-state index in [1.807, 2.05) is 13.0 Å². The summed E-state index contributed by atoms with van der Waals surface area (Å²) in [6.07, 6.45) is 2.20. The summed E-state index contributed by atoms with van der Waals surface area (Å²) in [7, 11) is 0. The molecule has 2 rings (SSSR count). The van der Waals surface area contributed by atoms with Gasteiger partial charge in [0, 0.05) is 24.4 Å². The molecule has 5 nitrogen and oxygen atoms in total. The van der Waals surface area contributed by atoms with Gasteiger partial charge in [-0.25, -0.2) is 9.18 Å². The second kappa shape index (κ2) is 6.18. The van der Waals surface area contributed by atoms with Crippen LogP contribution in [0.3, 0.4) is 0 Å². The summed E-state index contributed by atoms with van der Waals surface area (Å²) in [4.78, 5) is 24.0. The number of benzene rings is 1. The molecule has 21 heavy (non-hydrogen) atoms. The van der Waals surface area contributed by atoms with Crippen molar-refractivity contribution in [2.24, 2.45) is 0 Å². The first kappa shape index (κ1) is 14.7. The second-order valence-corrected chi connectivity index (χ2v) is 4.63. The Balaban J connectivity index is 2.45. The van der Waals surface area contributed by atoms with Crippen molar-refractivity contribution < 1.29 is 4.39 Å².